The van der Waals surface area contributed by atoms with Crippen LogP contribution in [0.3, 0.4) is 0 Å². The predicted octanol–water partition coefficient (Wildman–Crippen LogP) is 2.87. The van der Waals surface area contributed by atoms with Gasteiger partial charge in [0.1, 0.15) is 0 Å². The van der Waals surface area contributed by atoms with Crippen LogP contribution < -0.4 is 5.56 Å². The van der Waals surface area contributed by atoms with Crippen LogP contribution in [0.1, 0.15) is 11.1 Å². The first-order valence-electron chi connectivity index (χ1n) is 10.1. The highest BCUT2D eigenvalue weighted by atomic mass is 32.2. The summed E-state index contributed by atoms with van der Waals surface area (Å²) in [5, 5.41) is 1.12. The van der Waals surface area contributed by atoms with Gasteiger partial charge in [0.25, 0.3) is 5.56 Å². The second-order valence-electron chi connectivity index (χ2n) is 7.87. The summed E-state index contributed by atoms with van der Waals surface area (Å²) in [5.41, 5.74) is 3.48. The zero-order valence-electron chi connectivity index (χ0n) is 17.6. The molecule has 0 radical (unpaired) electrons. The van der Waals surface area contributed by atoms with Crippen molar-refractivity contribution >= 4 is 28.6 Å². The molecule has 2 aromatic carbocycles. The normalized spacial score (nSPS) is 15.0. The zero-order valence-corrected chi connectivity index (χ0v) is 18.4. The Morgan fingerprint density at radius 2 is 1.70 bits per heavy atom. The molecule has 0 N–H and O–H groups in total. The number of carbonyl (C=O) groups is 1. The van der Waals surface area contributed by atoms with Gasteiger partial charge in [0.05, 0.1) is 22.3 Å². The third kappa shape index (κ3) is 4.27. The Kier molecular flexibility index (Phi) is 5.92. The maximum atomic E-state index is 13.4. The number of aromatic nitrogens is 2. The third-order valence-corrected chi connectivity index (χ3v) is 6.31. The van der Waals surface area contributed by atoms with Crippen LogP contribution >= 0.6 is 11.8 Å². The molecule has 3 aromatic rings. The highest BCUT2D eigenvalue weighted by Crippen LogP contribution is 2.23. The molecule has 1 amide bonds. The largest absolute Gasteiger partial charge is 0.339 e. The van der Waals surface area contributed by atoms with Gasteiger partial charge in [0, 0.05) is 26.2 Å². The lowest BCUT2D eigenvalue weighted by atomic mass is 10.1. The number of likely N-dealkylation sites (N-methyl/N-ethyl adjacent to an activating group) is 1. The van der Waals surface area contributed by atoms with E-state index in [0.717, 1.165) is 43.0 Å². The average molecular weight is 423 g/mol. The fraction of sp³-hybridized carbons (Fsp3) is 0.348. The van der Waals surface area contributed by atoms with Crippen molar-refractivity contribution in [1.29, 1.82) is 0 Å². The molecular weight excluding hydrogens is 396 g/mol. The van der Waals surface area contributed by atoms with Gasteiger partial charge in [0.2, 0.25) is 5.91 Å². The van der Waals surface area contributed by atoms with Crippen molar-refractivity contribution < 1.29 is 4.79 Å². The minimum absolute atomic E-state index is 0.0856. The second-order valence-corrected chi connectivity index (χ2v) is 8.81. The monoisotopic (exact) mass is 422 g/mol. The molecule has 0 aliphatic carbocycles. The summed E-state index contributed by atoms with van der Waals surface area (Å²) >= 11 is 1.33. The average Bonchev–Trinajstić information content (AvgIpc) is 2.72. The molecule has 2 heterocycles. The molecule has 0 spiro atoms. The first-order chi connectivity index (χ1) is 14.4. The van der Waals surface area contributed by atoms with E-state index in [9.17, 15) is 9.59 Å². The van der Waals surface area contributed by atoms with Gasteiger partial charge in [-0.2, -0.15) is 0 Å². The van der Waals surface area contributed by atoms with Gasteiger partial charge in [0.15, 0.2) is 5.16 Å². The highest BCUT2D eigenvalue weighted by Gasteiger charge is 2.21. The zero-order chi connectivity index (χ0) is 21.3. The Morgan fingerprint density at radius 3 is 2.40 bits per heavy atom. The number of hydrogen-bond donors (Lipinski definition) is 0. The van der Waals surface area contributed by atoms with E-state index < -0.39 is 0 Å². The van der Waals surface area contributed by atoms with Gasteiger partial charge in [-0.3, -0.25) is 14.2 Å². The van der Waals surface area contributed by atoms with E-state index in [-0.39, 0.29) is 17.2 Å². The first-order valence-corrected chi connectivity index (χ1v) is 11.1. The SMILES string of the molecule is Cc1cc(C)cc(-n2c(SCC(=O)N3CCN(C)CC3)nc3ccccc3c2=O)c1. The van der Waals surface area contributed by atoms with E-state index >= 15 is 0 Å². The van der Waals surface area contributed by atoms with Crippen LogP contribution in [0.15, 0.2) is 52.4 Å². The molecule has 1 saturated heterocycles. The number of carbonyl (C=O) groups excluding carboxylic acids is 1. The molecule has 0 atom stereocenters. The number of amides is 1. The Bertz CT molecular complexity index is 1130. The number of hydrogen-bond acceptors (Lipinski definition) is 5. The fourth-order valence-electron chi connectivity index (χ4n) is 3.79. The summed E-state index contributed by atoms with van der Waals surface area (Å²) in [5.74, 6) is 0.349. The van der Waals surface area contributed by atoms with Crippen molar-refractivity contribution in [3.8, 4) is 5.69 Å². The maximum Gasteiger partial charge on any atom is 0.266 e. The molecule has 0 saturated carbocycles. The molecule has 0 unspecified atom stereocenters. The smallest absolute Gasteiger partial charge is 0.266 e. The van der Waals surface area contributed by atoms with Crippen LogP contribution in [-0.4, -0.2) is 64.2 Å². The molecule has 6 nitrogen and oxygen atoms in total. The van der Waals surface area contributed by atoms with Crippen molar-refractivity contribution in [2.75, 3.05) is 39.0 Å². The lowest BCUT2D eigenvalue weighted by Crippen LogP contribution is -2.47. The van der Waals surface area contributed by atoms with Crippen LogP contribution in [0.2, 0.25) is 0 Å². The summed E-state index contributed by atoms with van der Waals surface area (Å²) in [4.78, 5) is 35.0. The van der Waals surface area contributed by atoms with Crippen LogP contribution in [-0.2, 0) is 4.79 Å². The summed E-state index contributed by atoms with van der Waals surface area (Å²) in [7, 11) is 2.07. The number of piperazine rings is 1. The second kappa shape index (κ2) is 8.62. The molecule has 0 bridgehead atoms. The molecule has 7 heteroatoms. The van der Waals surface area contributed by atoms with Gasteiger partial charge >= 0.3 is 0 Å². The maximum absolute atomic E-state index is 13.4. The minimum Gasteiger partial charge on any atom is -0.339 e. The molecule has 1 aliphatic heterocycles. The van der Waals surface area contributed by atoms with Crippen LogP contribution in [0.4, 0.5) is 0 Å². The number of thioether (sulfide) groups is 1. The van der Waals surface area contributed by atoms with Crippen molar-refractivity contribution in [1.82, 2.24) is 19.4 Å². The quantitative estimate of drug-likeness (QED) is 0.478. The minimum atomic E-state index is -0.111. The molecule has 1 aliphatic rings. The standard InChI is InChI=1S/C23H26N4O2S/c1-16-12-17(2)14-18(13-16)27-22(29)19-6-4-5-7-20(19)24-23(27)30-15-21(28)26-10-8-25(3)9-11-26/h4-7,12-14H,8-11,15H2,1-3H3. The Labute approximate surface area is 180 Å². The van der Waals surface area contributed by atoms with Crippen LogP contribution in [0, 0.1) is 13.8 Å². The van der Waals surface area contributed by atoms with Crippen molar-refractivity contribution in [2.45, 2.75) is 19.0 Å². The van der Waals surface area contributed by atoms with Gasteiger partial charge in [-0.05, 0) is 56.3 Å². The van der Waals surface area contributed by atoms with E-state index in [1.165, 1.54) is 11.8 Å². The summed E-state index contributed by atoms with van der Waals surface area (Å²) in [6.45, 7) is 7.28. The molecule has 1 fully saturated rings. The van der Waals surface area contributed by atoms with Crippen molar-refractivity contribution in [3.05, 3.63) is 63.9 Å². The first kappa shape index (κ1) is 20.6. The fourth-order valence-corrected chi connectivity index (χ4v) is 4.71. The number of rotatable bonds is 4. The Hall–Kier alpha value is -2.64. The van der Waals surface area contributed by atoms with Gasteiger partial charge < -0.3 is 9.80 Å². The lowest BCUT2D eigenvalue weighted by molar-refractivity contribution is -0.129. The van der Waals surface area contributed by atoms with E-state index in [2.05, 4.69) is 18.0 Å². The van der Waals surface area contributed by atoms with E-state index in [4.69, 9.17) is 4.98 Å². The molecule has 1 aromatic heterocycles. The molecule has 4 rings (SSSR count). The molecule has 30 heavy (non-hydrogen) atoms. The van der Waals surface area contributed by atoms with E-state index in [1.807, 2.05) is 49.1 Å². The van der Waals surface area contributed by atoms with Gasteiger partial charge in [-0.15, -0.1) is 0 Å². The predicted molar refractivity (Wildman–Crippen MR) is 122 cm³/mol. The van der Waals surface area contributed by atoms with Gasteiger partial charge in [-0.1, -0.05) is 30.0 Å². The van der Waals surface area contributed by atoms with E-state index in [1.54, 1.807) is 10.6 Å². The number of fused-ring (bicyclic) bond motifs is 1. The summed E-state index contributed by atoms with van der Waals surface area (Å²) < 4.78 is 1.64. The van der Waals surface area contributed by atoms with Gasteiger partial charge in [-0.25, -0.2) is 4.98 Å². The van der Waals surface area contributed by atoms with Crippen LogP contribution in [0.25, 0.3) is 16.6 Å². The molecule has 156 valence electrons. The van der Waals surface area contributed by atoms with Crippen LogP contribution in [0.5, 0.6) is 0 Å². The Morgan fingerprint density at radius 1 is 1.03 bits per heavy atom. The van der Waals surface area contributed by atoms with E-state index in [0.29, 0.717) is 16.1 Å². The summed E-state index contributed by atoms with van der Waals surface area (Å²) in [6.07, 6.45) is 0. The van der Waals surface area contributed by atoms with Crippen molar-refractivity contribution in [2.24, 2.45) is 0 Å². The van der Waals surface area contributed by atoms with Crippen molar-refractivity contribution in [3.63, 3.8) is 0 Å². The number of para-hydroxylation sites is 1. The molecular formula is C23H26N4O2S. The number of nitrogens with zero attached hydrogens (tertiary/aromatic N) is 4. The lowest BCUT2D eigenvalue weighted by Gasteiger charge is -2.32. The third-order valence-electron chi connectivity index (χ3n) is 5.39. The highest BCUT2D eigenvalue weighted by molar-refractivity contribution is 7.99. The number of benzene rings is 2. The summed E-state index contributed by atoms with van der Waals surface area (Å²) in [6, 6.07) is 13.4. The Balaban J connectivity index is 1.71. The number of aryl methyl sites for hydroxylation is 2. The topological polar surface area (TPSA) is 58.4 Å².